The minimum absolute atomic E-state index is 0.0474. The molecule has 1 aliphatic rings. The first-order valence-electron chi connectivity index (χ1n) is 3.24. The van der Waals surface area contributed by atoms with Crippen LogP contribution in [-0.4, -0.2) is 30.4 Å². The summed E-state index contributed by atoms with van der Waals surface area (Å²) in [6.07, 6.45) is 0.0474. The van der Waals surface area contributed by atoms with E-state index in [0.717, 1.165) is 5.12 Å². The Bertz CT molecular complexity index is 99.1. The van der Waals surface area contributed by atoms with Crippen LogP contribution in [0, 0.1) is 0 Å². The van der Waals surface area contributed by atoms with E-state index in [2.05, 4.69) is 0 Å². The third-order valence-corrected chi connectivity index (χ3v) is 1.53. The maximum Gasteiger partial charge on any atom is 0.0701 e. The van der Waals surface area contributed by atoms with Crippen LogP contribution in [-0.2, 0) is 4.74 Å². The quantitative estimate of drug-likeness (QED) is 0.457. The first-order chi connectivity index (χ1) is 4.20. The molecule has 0 bridgehead atoms. The van der Waals surface area contributed by atoms with Gasteiger partial charge in [-0.2, -0.15) is 0 Å². The number of halogens is 1. The smallest absolute Gasteiger partial charge is 0.0701 e. The normalized spacial score (nSPS) is 39.0. The van der Waals surface area contributed by atoms with E-state index in [1.165, 1.54) is 0 Å². The van der Waals surface area contributed by atoms with Crippen molar-refractivity contribution in [3.63, 3.8) is 0 Å². The average molecular weight is 133 g/mol. The summed E-state index contributed by atoms with van der Waals surface area (Å²) < 4.78 is 17.8. The monoisotopic (exact) mass is 133 g/mol. The van der Waals surface area contributed by atoms with Gasteiger partial charge in [0.1, 0.15) is 0 Å². The van der Waals surface area contributed by atoms with Crippen molar-refractivity contribution in [3.8, 4) is 0 Å². The number of ether oxygens (including phenoxy) is 1. The Morgan fingerprint density at radius 1 is 1.56 bits per heavy atom. The van der Waals surface area contributed by atoms with Crippen LogP contribution in [0.4, 0.5) is 4.48 Å². The molecule has 0 aromatic rings. The summed E-state index contributed by atoms with van der Waals surface area (Å²) in [7, 11) is 0. The zero-order valence-electron chi connectivity index (χ0n) is 5.80. The molecule has 1 aliphatic heterocycles. The molecule has 2 atom stereocenters. The van der Waals surface area contributed by atoms with Gasteiger partial charge in [0.25, 0.3) is 0 Å². The van der Waals surface area contributed by atoms with E-state index < -0.39 is 0 Å². The van der Waals surface area contributed by atoms with E-state index in [9.17, 15) is 4.48 Å². The van der Waals surface area contributed by atoms with Gasteiger partial charge in [-0.25, -0.2) is 0 Å². The van der Waals surface area contributed by atoms with Gasteiger partial charge in [0, 0.05) is 0 Å². The second-order valence-corrected chi connectivity index (χ2v) is 2.58. The maximum absolute atomic E-state index is 12.6. The van der Waals surface area contributed by atoms with Crippen molar-refractivity contribution in [1.29, 1.82) is 0 Å². The summed E-state index contributed by atoms with van der Waals surface area (Å²) in [5.41, 5.74) is 0. The molecule has 1 saturated heterocycles. The lowest BCUT2D eigenvalue weighted by molar-refractivity contribution is -0.133. The van der Waals surface area contributed by atoms with Gasteiger partial charge in [-0.3, -0.25) is 0 Å². The summed E-state index contributed by atoms with van der Waals surface area (Å²) in [5.74, 6) is 0. The first kappa shape index (κ1) is 6.96. The lowest BCUT2D eigenvalue weighted by Gasteiger charge is -2.29. The molecule has 3 heteroatoms. The fourth-order valence-electron chi connectivity index (χ4n) is 0.863. The molecule has 0 spiro atoms. The molecular formula is C6H12FNO. The van der Waals surface area contributed by atoms with Crippen LogP contribution in [0.2, 0.25) is 0 Å². The average Bonchev–Trinajstić information content (AvgIpc) is 1.80. The SMILES string of the molecule is C[C@H]1CN(F)[C@@H](C)CO1. The Morgan fingerprint density at radius 3 is 2.67 bits per heavy atom. The topological polar surface area (TPSA) is 12.5 Å². The lowest BCUT2D eigenvalue weighted by atomic mass is 10.2. The number of morpholine rings is 1. The van der Waals surface area contributed by atoms with E-state index in [0.29, 0.717) is 13.2 Å². The minimum Gasteiger partial charge on any atom is -0.375 e. The van der Waals surface area contributed by atoms with Gasteiger partial charge in [-0.1, -0.05) is 0 Å². The molecule has 0 unspecified atom stereocenters. The highest BCUT2D eigenvalue weighted by Gasteiger charge is 2.22. The number of nitrogens with zero attached hydrogens (tertiary/aromatic N) is 1. The zero-order chi connectivity index (χ0) is 6.85. The fraction of sp³-hybridized carbons (Fsp3) is 1.00. The largest absolute Gasteiger partial charge is 0.375 e. The number of hydrogen-bond acceptors (Lipinski definition) is 2. The van der Waals surface area contributed by atoms with Crippen molar-refractivity contribution in [2.24, 2.45) is 0 Å². The van der Waals surface area contributed by atoms with Gasteiger partial charge in [0.15, 0.2) is 0 Å². The molecule has 0 saturated carbocycles. The molecule has 0 aliphatic carbocycles. The van der Waals surface area contributed by atoms with Gasteiger partial charge in [-0.15, -0.1) is 9.60 Å². The van der Waals surface area contributed by atoms with E-state index >= 15 is 0 Å². The highest BCUT2D eigenvalue weighted by Crippen LogP contribution is 2.10. The van der Waals surface area contributed by atoms with Crippen LogP contribution >= 0.6 is 0 Å². The molecule has 1 heterocycles. The summed E-state index contributed by atoms with van der Waals surface area (Å²) in [6.45, 7) is 4.60. The second kappa shape index (κ2) is 2.62. The Morgan fingerprint density at radius 2 is 2.22 bits per heavy atom. The van der Waals surface area contributed by atoms with Crippen molar-refractivity contribution in [2.45, 2.75) is 26.0 Å². The van der Waals surface area contributed by atoms with Crippen molar-refractivity contribution in [3.05, 3.63) is 0 Å². The highest BCUT2D eigenvalue weighted by molar-refractivity contribution is 4.67. The predicted molar refractivity (Wildman–Crippen MR) is 32.7 cm³/mol. The van der Waals surface area contributed by atoms with Crippen LogP contribution in [0.25, 0.3) is 0 Å². The van der Waals surface area contributed by atoms with Gasteiger partial charge in [-0.05, 0) is 13.8 Å². The predicted octanol–water partition coefficient (Wildman–Crippen LogP) is 0.980. The van der Waals surface area contributed by atoms with Crippen molar-refractivity contribution >= 4 is 0 Å². The van der Waals surface area contributed by atoms with Crippen LogP contribution in [0.15, 0.2) is 0 Å². The Labute approximate surface area is 54.5 Å². The number of rotatable bonds is 0. The molecule has 0 aromatic heterocycles. The highest BCUT2D eigenvalue weighted by atomic mass is 19.2. The fourth-order valence-corrected chi connectivity index (χ4v) is 0.863. The molecule has 0 aromatic carbocycles. The standard InChI is InChI=1S/C6H12FNO/c1-5-4-9-6(2)3-8(5)7/h5-6H,3-4H2,1-2H3/t5-,6-/m0/s1. The van der Waals surface area contributed by atoms with Gasteiger partial charge in [0.2, 0.25) is 0 Å². The molecule has 54 valence electrons. The minimum atomic E-state index is -0.0683. The Balaban J connectivity index is 2.35. The van der Waals surface area contributed by atoms with E-state index in [-0.39, 0.29) is 12.1 Å². The number of hydrogen-bond donors (Lipinski definition) is 0. The summed E-state index contributed by atoms with van der Waals surface area (Å²) >= 11 is 0. The molecule has 0 N–H and O–H groups in total. The third-order valence-electron chi connectivity index (χ3n) is 1.53. The maximum atomic E-state index is 12.6. The van der Waals surface area contributed by atoms with Crippen LogP contribution in [0.5, 0.6) is 0 Å². The van der Waals surface area contributed by atoms with Crippen molar-refractivity contribution < 1.29 is 9.22 Å². The zero-order valence-corrected chi connectivity index (χ0v) is 5.80. The van der Waals surface area contributed by atoms with Gasteiger partial charge < -0.3 is 4.74 Å². The second-order valence-electron chi connectivity index (χ2n) is 2.58. The van der Waals surface area contributed by atoms with E-state index in [1.54, 1.807) is 0 Å². The van der Waals surface area contributed by atoms with Gasteiger partial charge in [0.05, 0.1) is 25.3 Å². The Kier molecular flexibility index (Phi) is 2.03. The molecule has 2 nitrogen and oxygen atoms in total. The summed E-state index contributed by atoms with van der Waals surface area (Å²) in [4.78, 5) is 0. The van der Waals surface area contributed by atoms with Crippen LogP contribution < -0.4 is 0 Å². The van der Waals surface area contributed by atoms with Crippen molar-refractivity contribution in [2.75, 3.05) is 13.2 Å². The first-order valence-corrected chi connectivity index (χ1v) is 3.24. The molecular weight excluding hydrogens is 121 g/mol. The van der Waals surface area contributed by atoms with Crippen LogP contribution in [0.3, 0.4) is 0 Å². The molecule has 0 amide bonds. The van der Waals surface area contributed by atoms with Crippen LogP contribution in [0.1, 0.15) is 13.8 Å². The van der Waals surface area contributed by atoms with E-state index in [4.69, 9.17) is 4.74 Å². The lowest BCUT2D eigenvalue weighted by Crippen LogP contribution is -2.42. The Hall–Kier alpha value is -0.150. The summed E-state index contributed by atoms with van der Waals surface area (Å²) in [5, 5.41) is 0.828. The summed E-state index contributed by atoms with van der Waals surface area (Å²) in [6, 6.07) is -0.0683. The molecule has 1 rings (SSSR count). The van der Waals surface area contributed by atoms with Crippen molar-refractivity contribution in [1.82, 2.24) is 5.12 Å². The van der Waals surface area contributed by atoms with Gasteiger partial charge >= 0.3 is 0 Å². The molecule has 0 radical (unpaired) electrons. The molecule has 1 fully saturated rings. The molecule has 9 heavy (non-hydrogen) atoms. The van der Waals surface area contributed by atoms with E-state index in [1.807, 2.05) is 13.8 Å². The third kappa shape index (κ3) is 1.63.